The van der Waals surface area contributed by atoms with Crippen molar-refractivity contribution in [3.8, 4) is 0 Å². The molecule has 0 radical (unpaired) electrons. The first kappa shape index (κ1) is 20.7. The molecule has 1 N–H and O–H groups in total. The van der Waals surface area contributed by atoms with Gasteiger partial charge in [-0.3, -0.25) is 4.79 Å². The van der Waals surface area contributed by atoms with Crippen LogP contribution in [0, 0.1) is 0 Å². The molecule has 0 fully saturated rings. The lowest BCUT2D eigenvalue weighted by Crippen LogP contribution is -2.28. The van der Waals surface area contributed by atoms with Crippen molar-refractivity contribution in [2.45, 2.75) is 35.7 Å². The van der Waals surface area contributed by atoms with Crippen LogP contribution in [0.5, 0.6) is 0 Å². The molecule has 1 aromatic carbocycles. The molecule has 0 saturated carbocycles. The number of aromatic nitrogens is 2. The van der Waals surface area contributed by atoms with Gasteiger partial charge in [-0.15, -0.1) is 11.3 Å². The first-order chi connectivity index (χ1) is 15.7. The molecule has 0 spiro atoms. The zero-order chi connectivity index (χ0) is 21.9. The fraction of sp³-hybridized carbons (Fsp3) is 0.217. The summed E-state index contributed by atoms with van der Waals surface area (Å²) in [5.74, 6) is -0.323. The summed E-state index contributed by atoms with van der Waals surface area (Å²) in [5, 5.41) is 4.59. The van der Waals surface area contributed by atoms with Crippen LogP contribution in [-0.2, 0) is 28.9 Å². The van der Waals surface area contributed by atoms with Gasteiger partial charge in [0.25, 0.3) is 5.91 Å². The van der Waals surface area contributed by atoms with E-state index in [9.17, 15) is 9.59 Å². The molecule has 1 aliphatic carbocycles. The van der Waals surface area contributed by atoms with Crippen LogP contribution in [-0.4, -0.2) is 28.5 Å². The van der Waals surface area contributed by atoms with Crippen LogP contribution in [0.3, 0.4) is 0 Å². The van der Waals surface area contributed by atoms with Crippen molar-refractivity contribution < 1.29 is 18.7 Å². The molecular formula is C23H19N3O4S2. The molecule has 0 unspecified atom stereocenters. The number of carbonyl (C=O) groups is 2. The summed E-state index contributed by atoms with van der Waals surface area (Å²) >= 11 is 3.16. The van der Waals surface area contributed by atoms with Crippen molar-refractivity contribution in [1.29, 1.82) is 0 Å². The quantitative estimate of drug-likeness (QED) is 0.319. The van der Waals surface area contributed by atoms with Gasteiger partial charge in [0.15, 0.2) is 6.61 Å². The standard InChI is InChI=1S/C23H19N3O4S2/c27-19(24-11-14-5-4-10-29-14)12-30-23(28)16-6-1-2-8-18(16)32-22-20-15-7-3-9-17(15)31-21(20)25-13-26-22/h1-2,4-6,8,10,13H,3,7,9,11-12H2,(H,24,27). The van der Waals surface area contributed by atoms with Gasteiger partial charge < -0.3 is 14.5 Å². The predicted molar refractivity (Wildman–Crippen MR) is 121 cm³/mol. The molecule has 5 rings (SSSR count). The van der Waals surface area contributed by atoms with E-state index in [1.54, 1.807) is 41.9 Å². The summed E-state index contributed by atoms with van der Waals surface area (Å²) in [4.78, 5) is 36.8. The molecule has 4 aromatic rings. The third-order valence-corrected chi connectivity index (χ3v) is 7.43. The summed E-state index contributed by atoms with van der Waals surface area (Å²) < 4.78 is 10.4. The number of hydrogen-bond acceptors (Lipinski definition) is 8. The van der Waals surface area contributed by atoms with Crippen molar-refractivity contribution in [3.05, 3.63) is 70.8 Å². The van der Waals surface area contributed by atoms with E-state index in [1.807, 2.05) is 12.1 Å². The van der Waals surface area contributed by atoms with Gasteiger partial charge in [0.05, 0.1) is 18.4 Å². The summed E-state index contributed by atoms with van der Waals surface area (Å²) in [6.07, 6.45) is 6.38. The molecule has 1 amide bonds. The number of esters is 1. The second-order valence-electron chi connectivity index (χ2n) is 7.25. The number of rotatable bonds is 7. The number of fused-ring (bicyclic) bond motifs is 3. The zero-order valence-electron chi connectivity index (χ0n) is 17.0. The molecule has 3 aromatic heterocycles. The van der Waals surface area contributed by atoms with Gasteiger partial charge in [0.1, 0.15) is 21.9 Å². The smallest absolute Gasteiger partial charge is 0.339 e. The van der Waals surface area contributed by atoms with E-state index in [1.165, 1.54) is 28.5 Å². The fourth-order valence-electron chi connectivity index (χ4n) is 3.66. The Bertz CT molecular complexity index is 1280. The molecule has 3 heterocycles. The number of benzene rings is 1. The molecule has 0 atom stereocenters. The average molecular weight is 466 g/mol. The van der Waals surface area contributed by atoms with E-state index in [2.05, 4.69) is 15.3 Å². The normalized spacial score (nSPS) is 12.6. The molecule has 9 heteroatoms. The van der Waals surface area contributed by atoms with Crippen molar-refractivity contribution in [2.75, 3.05) is 6.61 Å². The van der Waals surface area contributed by atoms with Crippen molar-refractivity contribution >= 4 is 45.2 Å². The Kier molecular flexibility index (Phi) is 5.91. The van der Waals surface area contributed by atoms with E-state index in [4.69, 9.17) is 9.15 Å². The number of thiophene rings is 1. The highest BCUT2D eigenvalue weighted by atomic mass is 32.2. The number of aryl methyl sites for hydroxylation is 2. The summed E-state index contributed by atoms with van der Waals surface area (Å²) in [7, 11) is 0. The monoisotopic (exact) mass is 465 g/mol. The third-order valence-electron chi connectivity index (χ3n) is 5.15. The lowest BCUT2D eigenvalue weighted by atomic mass is 10.2. The second kappa shape index (κ2) is 9.13. The Morgan fingerprint density at radius 1 is 1.16 bits per heavy atom. The Morgan fingerprint density at radius 3 is 2.94 bits per heavy atom. The summed E-state index contributed by atoms with van der Waals surface area (Å²) in [6, 6.07) is 10.7. The number of amides is 1. The van der Waals surface area contributed by atoms with Gasteiger partial charge in [0.2, 0.25) is 0 Å². The SMILES string of the molecule is O=C(COC(=O)c1ccccc1Sc1ncnc2sc3c(c12)CCC3)NCc1ccco1. The number of nitrogens with zero attached hydrogens (tertiary/aromatic N) is 2. The van der Waals surface area contributed by atoms with Crippen LogP contribution in [0.25, 0.3) is 10.2 Å². The summed E-state index contributed by atoms with van der Waals surface area (Å²) in [6.45, 7) is -0.126. The van der Waals surface area contributed by atoms with Crippen LogP contribution in [0.4, 0.5) is 0 Å². The molecule has 1 aliphatic rings. The van der Waals surface area contributed by atoms with E-state index in [0.29, 0.717) is 11.3 Å². The van der Waals surface area contributed by atoms with Crippen molar-refractivity contribution in [2.24, 2.45) is 0 Å². The van der Waals surface area contributed by atoms with Gasteiger partial charge in [-0.05, 0) is 49.1 Å². The van der Waals surface area contributed by atoms with Gasteiger partial charge in [-0.2, -0.15) is 0 Å². The molecule has 0 saturated heterocycles. The minimum Gasteiger partial charge on any atom is -0.467 e. The van der Waals surface area contributed by atoms with Gasteiger partial charge in [0, 0.05) is 15.2 Å². The van der Waals surface area contributed by atoms with E-state index < -0.39 is 11.9 Å². The van der Waals surface area contributed by atoms with E-state index >= 15 is 0 Å². The number of nitrogens with one attached hydrogen (secondary N) is 1. The van der Waals surface area contributed by atoms with Crippen LogP contribution in [0.1, 0.15) is 33.0 Å². The molecule has 162 valence electrons. The van der Waals surface area contributed by atoms with Crippen LogP contribution in [0.15, 0.2) is 63.3 Å². The van der Waals surface area contributed by atoms with Gasteiger partial charge >= 0.3 is 5.97 Å². The van der Waals surface area contributed by atoms with E-state index in [0.717, 1.165) is 39.4 Å². The first-order valence-electron chi connectivity index (χ1n) is 10.2. The van der Waals surface area contributed by atoms with Crippen LogP contribution in [0.2, 0.25) is 0 Å². The average Bonchev–Trinajstić information content (AvgIpc) is 3.54. The molecular weight excluding hydrogens is 446 g/mol. The number of furan rings is 1. The first-order valence-corrected chi connectivity index (χ1v) is 11.8. The maximum Gasteiger partial charge on any atom is 0.339 e. The maximum atomic E-state index is 12.7. The number of ether oxygens (including phenoxy) is 1. The topological polar surface area (TPSA) is 94.3 Å². The van der Waals surface area contributed by atoms with Gasteiger partial charge in [-0.25, -0.2) is 14.8 Å². The molecule has 32 heavy (non-hydrogen) atoms. The molecule has 0 aliphatic heterocycles. The van der Waals surface area contributed by atoms with Crippen molar-refractivity contribution in [1.82, 2.24) is 15.3 Å². The zero-order valence-corrected chi connectivity index (χ0v) is 18.6. The molecule has 7 nitrogen and oxygen atoms in total. The minimum absolute atomic E-state index is 0.241. The van der Waals surface area contributed by atoms with Crippen molar-refractivity contribution in [3.63, 3.8) is 0 Å². The molecule has 0 bridgehead atoms. The Labute approximate surface area is 192 Å². The van der Waals surface area contributed by atoms with Gasteiger partial charge in [-0.1, -0.05) is 23.9 Å². The minimum atomic E-state index is -0.554. The number of hydrogen-bond donors (Lipinski definition) is 1. The highest BCUT2D eigenvalue weighted by molar-refractivity contribution is 7.99. The number of carbonyl (C=O) groups excluding carboxylic acids is 2. The third kappa shape index (κ3) is 4.26. The Morgan fingerprint density at radius 2 is 2.06 bits per heavy atom. The summed E-state index contributed by atoms with van der Waals surface area (Å²) in [5.41, 5.74) is 1.73. The predicted octanol–water partition coefficient (Wildman–Crippen LogP) is 4.40. The Balaban J connectivity index is 1.30. The fourth-order valence-corrected chi connectivity index (χ4v) is 6.00. The Hall–Kier alpha value is -3.17. The van der Waals surface area contributed by atoms with Crippen LogP contribution < -0.4 is 5.32 Å². The van der Waals surface area contributed by atoms with E-state index in [-0.39, 0.29) is 13.2 Å². The lowest BCUT2D eigenvalue weighted by molar-refractivity contribution is -0.124. The highest BCUT2D eigenvalue weighted by Gasteiger charge is 2.23. The lowest BCUT2D eigenvalue weighted by Gasteiger charge is -2.10. The second-order valence-corrected chi connectivity index (χ2v) is 9.36. The highest BCUT2D eigenvalue weighted by Crippen LogP contribution is 2.42. The largest absolute Gasteiger partial charge is 0.467 e. The van der Waals surface area contributed by atoms with Crippen LogP contribution >= 0.6 is 23.1 Å². The maximum absolute atomic E-state index is 12.7.